The molecule has 2 aromatic rings. The average Bonchev–Trinajstić information content (AvgIpc) is 2.86. The number of rotatable bonds is 8. The van der Waals surface area contributed by atoms with E-state index in [9.17, 15) is 14.4 Å². The first-order valence-corrected chi connectivity index (χ1v) is 11.4. The van der Waals surface area contributed by atoms with Gasteiger partial charge in [-0.1, -0.05) is 24.3 Å². The van der Waals surface area contributed by atoms with Gasteiger partial charge in [0.25, 0.3) is 0 Å². The van der Waals surface area contributed by atoms with E-state index in [0.29, 0.717) is 30.9 Å². The van der Waals surface area contributed by atoms with Gasteiger partial charge in [-0.15, -0.1) is 0 Å². The highest BCUT2D eigenvalue weighted by Gasteiger charge is 2.14. The van der Waals surface area contributed by atoms with E-state index in [2.05, 4.69) is 0 Å². The molecule has 0 heterocycles. The largest absolute Gasteiger partial charge is 0.414 e. The second-order valence-electron chi connectivity index (χ2n) is 7.79. The zero-order chi connectivity index (χ0) is 26.0. The Morgan fingerprint density at radius 1 is 0.600 bits per heavy atom. The van der Waals surface area contributed by atoms with Crippen molar-refractivity contribution in [3.05, 3.63) is 53.6 Å². The van der Waals surface area contributed by atoms with Crippen LogP contribution in [0.25, 0.3) is 12.2 Å². The molecule has 0 radical (unpaired) electrons. The number of ether oxygens (including phenoxy) is 3. The SMILES string of the molecule is CCN(C)C(=O)Oc1ccc(/C=C/c2cc(OC(=O)N(C)CC)cc(OC(=O)N(C)CC)c2)cc1. The van der Waals surface area contributed by atoms with Crippen LogP contribution >= 0.6 is 0 Å². The molecule has 0 unspecified atom stereocenters. The minimum Gasteiger partial charge on any atom is -0.410 e. The highest BCUT2D eigenvalue weighted by Crippen LogP contribution is 2.26. The summed E-state index contributed by atoms with van der Waals surface area (Å²) in [6.45, 7) is 7.06. The maximum absolute atomic E-state index is 12.2. The van der Waals surface area contributed by atoms with E-state index in [0.717, 1.165) is 5.56 Å². The molecule has 0 saturated carbocycles. The van der Waals surface area contributed by atoms with Crippen molar-refractivity contribution < 1.29 is 28.6 Å². The number of carbonyl (C=O) groups is 3. The van der Waals surface area contributed by atoms with Crippen LogP contribution < -0.4 is 14.2 Å². The third-order valence-corrected chi connectivity index (χ3v) is 5.22. The predicted octanol–water partition coefficient (Wildman–Crippen LogP) is 5.21. The van der Waals surface area contributed by atoms with Crippen molar-refractivity contribution in [3.63, 3.8) is 0 Å². The number of hydrogen-bond acceptors (Lipinski definition) is 6. The number of benzene rings is 2. The van der Waals surface area contributed by atoms with E-state index in [1.165, 1.54) is 20.8 Å². The molecule has 0 aromatic heterocycles. The van der Waals surface area contributed by atoms with Crippen molar-refractivity contribution in [3.8, 4) is 17.2 Å². The van der Waals surface area contributed by atoms with E-state index in [-0.39, 0.29) is 11.5 Å². The lowest BCUT2D eigenvalue weighted by Gasteiger charge is -2.17. The van der Waals surface area contributed by atoms with Gasteiger partial charge in [-0.3, -0.25) is 0 Å². The molecule has 0 aliphatic carbocycles. The van der Waals surface area contributed by atoms with Crippen molar-refractivity contribution in [2.45, 2.75) is 20.8 Å². The van der Waals surface area contributed by atoms with Crippen molar-refractivity contribution in [2.75, 3.05) is 40.8 Å². The number of carbonyl (C=O) groups excluding carboxylic acids is 3. The first-order chi connectivity index (χ1) is 16.7. The molecule has 0 saturated heterocycles. The summed E-state index contributed by atoms with van der Waals surface area (Å²) in [5, 5.41) is 0. The maximum Gasteiger partial charge on any atom is 0.414 e. The van der Waals surface area contributed by atoms with Crippen LogP contribution in [0.4, 0.5) is 14.4 Å². The lowest BCUT2D eigenvalue weighted by Crippen LogP contribution is -2.30. The van der Waals surface area contributed by atoms with Crippen LogP contribution in [0, 0.1) is 0 Å². The van der Waals surface area contributed by atoms with Crippen molar-refractivity contribution >= 4 is 30.4 Å². The molecule has 0 aliphatic rings. The Kier molecular flexibility index (Phi) is 10.1. The molecule has 9 nitrogen and oxygen atoms in total. The van der Waals surface area contributed by atoms with Crippen LogP contribution in [0.2, 0.25) is 0 Å². The summed E-state index contributed by atoms with van der Waals surface area (Å²) >= 11 is 0. The summed E-state index contributed by atoms with van der Waals surface area (Å²) in [6.07, 6.45) is 2.18. The topological polar surface area (TPSA) is 88.6 Å². The first-order valence-electron chi connectivity index (χ1n) is 11.4. The Balaban J connectivity index is 2.24. The van der Waals surface area contributed by atoms with Gasteiger partial charge in [0.2, 0.25) is 0 Å². The fraction of sp³-hybridized carbons (Fsp3) is 0.346. The Bertz CT molecular complexity index is 1010. The Labute approximate surface area is 206 Å². The summed E-state index contributed by atoms with van der Waals surface area (Å²) in [4.78, 5) is 40.6. The molecule has 0 aliphatic heterocycles. The molecule has 3 amide bonds. The standard InChI is InChI=1S/C26H33N3O6/c1-7-27(4)24(30)33-21-14-12-19(13-15-21)10-11-20-16-22(34-25(31)28(5)8-2)18-23(17-20)35-26(32)29(6)9-3/h10-18H,7-9H2,1-6H3/b11-10+. The van der Waals surface area contributed by atoms with Crippen LogP contribution in [0.15, 0.2) is 42.5 Å². The molecule has 0 bridgehead atoms. The Hall–Kier alpha value is -4.01. The summed E-state index contributed by atoms with van der Waals surface area (Å²) in [6, 6.07) is 11.9. The van der Waals surface area contributed by atoms with E-state index >= 15 is 0 Å². The lowest BCUT2D eigenvalue weighted by atomic mass is 10.1. The van der Waals surface area contributed by atoms with Crippen LogP contribution in [0.1, 0.15) is 31.9 Å². The second-order valence-corrected chi connectivity index (χ2v) is 7.79. The number of nitrogens with zero attached hydrogens (tertiary/aromatic N) is 3. The van der Waals surface area contributed by atoms with Crippen molar-refractivity contribution in [2.24, 2.45) is 0 Å². The normalized spacial score (nSPS) is 10.6. The minimum absolute atomic E-state index is 0.252. The summed E-state index contributed by atoms with van der Waals surface area (Å²) in [5.41, 5.74) is 1.52. The zero-order valence-electron chi connectivity index (χ0n) is 21.1. The molecule has 0 atom stereocenters. The number of amides is 3. The quantitative estimate of drug-likeness (QED) is 0.479. The zero-order valence-corrected chi connectivity index (χ0v) is 21.1. The smallest absolute Gasteiger partial charge is 0.410 e. The van der Waals surface area contributed by atoms with E-state index in [4.69, 9.17) is 14.2 Å². The van der Waals surface area contributed by atoms with E-state index < -0.39 is 18.3 Å². The third-order valence-electron chi connectivity index (χ3n) is 5.22. The fourth-order valence-corrected chi connectivity index (χ4v) is 2.57. The second kappa shape index (κ2) is 13.0. The maximum atomic E-state index is 12.2. The predicted molar refractivity (Wildman–Crippen MR) is 135 cm³/mol. The van der Waals surface area contributed by atoms with Gasteiger partial charge in [-0.25, -0.2) is 14.4 Å². The first kappa shape index (κ1) is 27.2. The molecule has 2 aromatic carbocycles. The Morgan fingerprint density at radius 2 is 0.971 bits per heavy atom. The van der Waals surface area contributed by atoms with Gasteiger partial charge in [0.1, 0.15) is 17.2 Å². The Morgan fingerprint density at radius 3 is 1.37 bits per heavy atom. The summed E-state index contributed by atoms with van der Waals surface area (Å²) in [7, 11) is 4.92. The molecule has 0 N–H and O–H groups in total. The molecular formula is C26H33N3O6. The highest BCUT2D eigenvalue weighted by molar-refractivity contribution is 5.76. The lowest BCUT2D eigenvalue weighted by molar-refractivity contribution is 0.162. The molecule has 2 rings (SSSR count). The van der Waals surface area contributed by atoms with Gasteiger partial charge >= 0.3 is 18.3 Å². The monoisotopic (exact) mass is 483 g/mol. The molecule has 0 fully saturated rings. The van der Waals surface area contributed by atoms with Crippen LogP contribution in [0.5, 0.6) is 17.2 Å². The average molecular weight is 484 g/mol. The van der Waals surface area contributed by atoms with Crippen molar-refractivity contribution in [1.82, 2.24) is 14.7 Å². The van der Waals surface area contributed by atoms with Crippen LogP contribution in [-0.2, 0) is 0 Å². The summed E-state index contributed by atoms with van der Waals surface area (Å²) < 4.78 is 16.2. The van der Waals surface area contributed by atoms with Gasteiger partial charge in [0.05, 0.1) is 0 Å². The third kappa shape index (κ3) is 8.37. The number of hydrogen-bond donors (Lipinski definition) is 0. The molecule has 35 heavy (non-hydrogen) atoms. The highest BCUT2D eigenvalue weighted by atomic mass is 16.6. The van der Waals surface area contributed by atoms with E-state index in [1.54, 1.807) is 51.5 Å². The van der Waals surface area contributed by atoms with Crippen LogP contribution in [-0.4, -0.2) is 73.8 Å². The van der Waals surface area contributed by atoms with E-state index in [1.807, 2.05) is 39.0 Å². The molecule has 188 valence electrons. The fourth-order valence-electron chi connectivity index (χ4n) is 2.57. The minimum atomic E-state index is -0.518. The van der Waals surface area contributed by atoms with Crippen LogP contribution in [0.3, 0.4) is 0 Å². The van der Waals surface area contributed by atoms with Gasteiger partial charge in [-0.2, -0.15) is 0 Å². The van der Waals surface area contributed by atoms with Gasteiger partial charge in [0.15, 0.2) is 0 Å². The molecule has 9 heteroatoms. The molecule has 0 spiro atoms. The van der Waals surface area contributed by atoms with Crippen molar-refractivity contribution in [1.29, 1.82) is 0 Å². The molecular weight excluding hydrogens is 450 g/mol. The van der Waals surface area contributed by atoms with Gasteiger partial charge in [-0.05, 0) is 56.2 Å². The summed E-state index contributed by atoms with van der Waals surface area (Å²) in [5.74, 6) is 0.944. The van der Waals surface area contributed by atoms with Gasteiger partial charge < -0.3 is 28.9 Å². The van der Waals surface area contributed by atoms with Gasteiger partial charge in [0, 0.05) is 46.8 Å².